The predicted octanol–water partition coefficient (Wildman–Crippen LogP) is 1.22. The number of thiophene rings is 1. The maximum absolute atomic E-state index is 5.62. The molecule has 0 spiro atoms. The minimum atomic E-state index is 0.221. The van der Waals surface area contributed by atoms with Crippen molar-refractivity contribution in [2.75, 3.05) is 26.2 Å². The van der Waals surface area contributed by atoms with Gasteiger partial charge in [-0.2, -0.15) is 0 Å². The third kappa shape index (κ3) is 2.78. The van der Waals surface area contributed by atoms with Gasteiger partial charge in [0, 0.05) is 31.1 Å². The number of rotatable bonds is 3. The molecular formula is C11H18N2OS. The minimum absolute atomic E-state index is 0.221. The van der Waals surface area contributed by atoms with Gasteiger partial charge in [-0.3, -0.25) is 4.90 Å². The summed E-state index contributed by atoms with van der Waals surface area (Å²) in [7, 11) is 0. The Labute approximate surface area is 94.8 Å². The maximum Gasteiger partial charge on any atom is 0.0824 e. The zero-order valence-electron chi connectivity index (χ0n) is 9.11. The van der Waals surface area contributed by atoms with Crippen LogP contribution in [0.3, 0.4) is 0 Å². The van der Waals surface area contributed by atoms with Gasteiger partial charge in [-0.05, 0) is 23.9 Å². The Bertz CT molecular complexity index is 313. The summed E-state index contributed by atoms with van der Waals surface area (Å²) in [4.78, 5) is 3.90. The van der Waals surface area contributed by atoms with Crippen molar-refractivity contribution in [2.45, 2.75) is 19.6 Å². The molecule has 1 aromatic rings. The van der Waals surface area contributed by atoms with Crippen molar-refractivity contribution in [3.05, 3.63) is 21.9 Å². The summed E-state index contributed by atoms with van der Waals surface area (Å²) in [5.74, 6) is 0. The number of aryl methyl sites for hydroxylation is 1. The van der Waals surface area contributed by atoms with E-state index in [1.165, 1.54) is 10.4 Å². The highest BCUT2D eigenvalue weighted by atomic mass is 32.1. The SMILES string of the molecule is Cc1ccsc1CN1CCOC(CN)C1. The van der Waals surface area contributed by atoms with E-state index in [4.69, 9.17) is 10.5 Å². The van der Waals surface area contributed by atoms with E-state index in [0.29, 0.717) is 6.54 Å². The standard InChI is InChI=1S/C11H18N2OS/c1-9-2-5-15-11(9)8-13-3-4-14-10(6-12)7-13/h2,5,10H,3-4,6-8,12H2,1H3. The van der Waals surface area contributed by atoms with Crippen molar-refractivity contribution in [3.63, 3.8) is 0 Å². The monoisotopic (exact) mass is 226 g/mol. The van der Waals surface area contributed by atoms with Crippen LogP contribution in [0.15, 0.2) is 11.4 Å². The molecule has 2 N–H and O–H groups in total. The van der Waals surface area contributed by atoms with E-state index >= 15 is 0 Å². The van der Waals surface area contributed by atoms with E-state index in [0.717, 1.165) is 26.2 Å². The van der Waals surface area contributed by atoms with Gasteiger partial charge < -0.3 is 10.5 Å². The fourth-order valence-electron chi connectivity index (χ4n) is 1.84. The van der Waals surface area contributed by atoms with Gasteiger partial charge in [-0.15, -0.1) is 11.3 Å². The van der Waals surface area contributed by atoms with Crippen LogP contribution in [0.25, 0.3) is 0 Å². The Kier molecular flexibility index (Phi) is 3.75. The number of hydrogen-bond donors (Lipinski definition) is 1. The molecule has 3 nitrogen and oxygen atoms in total. The van der Waals surface area contributed by atoms with Crippen molar-refractivity contribution >= 4 is 11.3 Å². The molecule has 1 aliphatic rings. The van der Waals surface area contributed by atoms with Gasteiger partial charge >= 0.3 is 0 Å². The molecule has 0 radical (unpaired) electrons. The number of nitrogens with two attached hydrogens (primary N) is 1. The van der Waals surface area contributed by atoms with Gasteiger partial charge in [-0.1, -0.05) is 0 Å². The summed E-state index contributed by atoms with van der Waals surface area (Å²) in [6.07, 6.45) is 0.221. The van der Waals surface area contributed by atoms with Crippen molar-refractivity contribution in [2.24, 2.45) is 5.73 Å². The van der Waals surface area contributed by atoms with E-state index < -0.39 is 0 Å². The van der Waals surface area contributed by atoms with Crippen LogP contribution in [-0.2, 0) is 11.3 Å². The number of nitrogens with zero attached hydrogens (tertiary/aromatic N) is 1. The molecule has 1 saturated heterocycles. The van der Waals surface area contributed by atoms with Crippen molar-refractivity contribution in [3.8, 4) is 0 Å². The fourth-order valence-corrected chi connectivity index (χ4v) is 2.78. The Morgan fingerprint density at radius 2 is 2.53 bits per heavy atom. The van der Waals surface area contributed by atoms with Gasteiger partial charge in [0.25, 0.3) is 0 Å². The van der Waals surface area contributed by atoms with E-state index in [1.807, 2.05) is 11.3 Å². The maximum atomic E-state index is 5.62. The molecule has 0 amide bonds. The smallest absolute Gasteiger partial charge is 0.0824 e. The number of hydrogen-bond acceptors (Lipinski definition) is 4. The van der Waals surface area contributed by atoms with Gasteiger partial charge in [0.05, 0.1) is 12.7 Å². The summed E-state index contributed by atoms with van der Waals surface area (Å²) in [6.45, 7) is 6.64. The molecule has 1 aliphatic heterocycles. The first-order chi connectivity index (χ1) is 7.29. The van der Waals surface area contributed by atoms with E-state index in [-0.39, 0.29) is 6.10 Å². The van der Waals surface area contributed by atoms with E-state index in [2.05, 4.69) is 23.3 Å². The third-order valence-corrected chi connectivity index (χ3v) is 3.83. The summed E-state index contributed by atoms with van der Waals surface area (Å²) in [6, 6.07) is 2.18. The molecule has 0 aromatic carbocycles. The van der Waals surface area contributed by atoms with Crippen LogP contribution in [0.4, 0.5) is 0 Å². The zero-order valence-corrected chi connectivity index (χ0v) is 9.93. The van der Waals surface area contributed by atoms with Crippen LogP contribution in [0.1, 0.15) is 10.4 Å². The second kappa shape index (κ2) is 5.07. The first kappa shape index (κ1) is 11.1. The normalized spacial score (nSPS) is 23.2. The fraction of sp³-hybridized carbons (Fsp3) is 0.636. The molecule has 4 heteroatoms. The van der Waals surface area contributed by atoms with Gasteiger partial charge in [0.15, 0.2) is 0 Å². The predicted molar refractivity (Wildman–Crippen MR) is 63.1 cm³/mol. The molecule has 1 unspecified atom stereocenters. The molecule has 1 aromatic heterocycles. The highest BCUT2D eigenvalue weighted by molar-refractivity contribution is 7.10. The van der Waals surface area contributed by atoms with Crippen LogP contribution in [0.2, 0.25) is 0 Å². The number of morpholine rings is 1. The summed E-state index contributed by atoms with van der Waals surface area (Å²) in [5.41, 5.74) is 7.02. The molecule has 1 atom stereocenters. The summed E-state index contributed by atoms with van der Waals surface area (Å²) < 4.78 is 5.54. The molecular weight excluding hydrogens is 208 g/mol. The lowest BCUT2D eigenvalue weighted by Crippen LogP contribution is -2.45. The molecule has 0 saturated carbocycles. The topological polar surface area (TPSA) is 38.5 Å². The van der Waals surface area contributed by atoms with E-state index in [9.17, 15) is 0 Å². The van der Waals surface area contributed by atoms with Crippen LogP contribution in [-0.4, -0.2) is 37.2 Å². The highest BCUT2D eigenvalue weighted by Gasteiger charge is 2.19. The van der Waals surface area contributed by atoms with Gasteiger partial charge in [-0.25, -0.2) is 0 Å². The highest BCUT2D eigenvalue weighted by Crippen LogP contribution is 2.19. The second-order valence-electron chi connectivity index (χ2n) is 3.99. The molecule has 0 aliphatic carbocycles. The molecule has 15 heavy (non-hydrogen) atoms. The Balaban J connectivity index is 1.92. The average Bonchev–Trinajstić information content (AvgIpc) is 2.65. The molecule has 1 fully saturated rings. The quantitative estimate of drug-likeness (QED) is 0.842. The second-order valence-corrected chi connectivity index (χ2v) is 4.99. The summed E-state index contributed by atoms with van der Waals surface area (Å²) in [5, 5.41) is 2.16. The van der Waals surface area contributed by atoms with E-state index in [1.54, 1.807) is 0 Å². The van der Waals surface area contributed by atoms with Crippen molar-refractivity contribution < 1.29 is 4.74 Å². The van der Waals surface area contributed by atoms with Crippen molar-refractivity contribution in [1.82, 2.24) is 4.90 Å². The molecule has 2 heterocycles. The zero-order chi connectivity index (χ0) is 10.7. The van der Waals surface area contributed by atoms with Crippen LogP contribution >= 0.6 is 11.3 Å². The van der Waals surface area contributed by atoms with Gasteiger partial charge in [0.1, 0.15) is 0 Å². The largest absolute Gasteiger partial charge is 0.374 e. The van der Waals surface area contributed by atoms with Crippen LogP contribution in [0.5, 0.6) is 0 Å². The lowest BCUT2D eigenvalue weighted by molar-refractivity contribution is -0.0257. The Hall–Kier alpha value is -0.420. The van der Waals surface area contributed by atoms with Gasteiger partial charge in [0.2, 0.25) is 0 Å². The molecule has 2 rings (SSSR count). The lowest BCUT2D eigenvalue weighted by Gasteiger charge is -2.32. The summed E-state index contributed by atoms with van der Waals surface area (Å²) >= 11 is 1.84. The average molecular weight is 226 g/mol. The number of ether oxygens (including phenoxy) is 1. The molecule has 84 valence electrons. The Morgan fingerprint density at radius 1 is 1.67 bits per heavy atom. The third-order valence-electron chi connectivity index (χ3n) is 2.82. The first-order valence-electron chi connectivity index (χ1n) is 5.36. The Morgan fingerprint density at radius 3 is 3.20 bits per heavy atom. The van der Waals surface area contributed by atoms with Crippen LogP contribution in [0, 0.1) is 6.92 Å². The molecule has 0 bridgehead atoms. The van der Waals surface area contributed by atoms with Crippen LogP contribution < -0.4 is 5.73 Å². The lowest BCUT2D eigenvalue weighted by atomic mass is 10.2. The first-order valence-corrected chi connectivity index (χ1v) is 6.24. The minimum Gasteiger partial charge on any atom is -0.374 e. The van der Waals surface area contributed by atoms with Crippen molar-refractivity contribution in [1.29, 1.82) is 0 Å².